The second-order valence-electron chi connectivity index (χ2n) is 9.01. The van der Waals surface area contributed by atoms with Crippen molar-refractivity contribution in [1.82, 2.24) is 9.88 Å². The van der Waals surface area contributed by atoms with E-state index in [2.05, 4.69) is 16.8 Å². The van der Waals surface area contributed by atoms with E-state index in [9.17, 15) is 23.8 Å². The Morgan fingerprint density at radius 2 is 2.11 bits per heavy atom. The minimum atomic E-state index is -0.980. The van der Waals surface area contributed by atoms with Crippen LogP contribution < -0.4 is 4.74 Å². The maximum atomic E-state index is 13.8. The number of benzene rings is 2. The van der Waals surface area contributed by atoms with Crippen LogP contribution >= 0.6 is 0 Å². The minimum Gasteiger partial charge on any atom is -0.497 e. The zero-order valence-corrected chi connectivity index (χ0v) is 20.0. The monoisotopic (exact) mass is 494 g/mol. The number of nitrogens with zero attached hydrogens (tertiary/aromatic N) is 2. The number of hydrogen-bond acceptors (Lipinski definition) is 5. The number of likely N-dealkylation sites (tertiary alicyclic amines) is 1. The Morgan fingerprint density at radius 1 is 1.28 bits per heavy atom. The first-order chi connectivity index (χ1) is 17.4. The molecule has 1 fully saturated rings. The molecule has 6 nitrogen and oxygen atoms in total. The molecule has 8 heteroatoms. The third-order valence-corrected chi connectivity index (χ3v) is 6.79. The van der Waals surface area contributed by atoms with Gasteiger partial charge in [0.2, 0.25) is 0 Å². The molecule has 0 bridgehead atoms. The van der Waals surface area contributed by atoms with E-state index in [1.54, 1.807) is 19.4 Å². The van der Waals surface area contributed by atoms with Gasteiger partial charge in [-0.25, -0.2) is 8.78 Å². The molecule has 3 atom stereocenters. The summed E-state index contributed by atoms with van der Waals surface area (Å²) < 4.78 is 32.4. The third kappa shape index (κ3) is 5.81. The molecule has 2 heterocycles. The van der Waals surface area contributed by atoms with Gasteiger partial charge in [0.05, 0.1) is 36.8 Å². The van der Waals surface area contributed by atoms with Crippen LogP contribution in [0.3, 0.4) is 0 Å². The van der Waals surface area contributed by atoms with Crippen LogP contribution in [-0.2, 0) is 4.79 Å². The summed E-state index contributed by atoms with van der Waals surface area (Å²) in [6.45, 7) is 1.21. The number of halogens is 2. The SMILES string of the molecule is COc1ccc2nccc([C@@H](O)CC[C@@H]3CCN(CC#Cc4cccc(F)c4F)C[C@@H]3C(=O)O)c2c1. The lowest BCUT2D eigenvalue weighted by Gasteiger charge is -2.36. The zero-order valence-electron chi connectivity index (χ0n) is 20.0. The number of aliphatic hydroxyl groups is 1. The maximum absolute atomic E-state index is 13.8. The summed E-state index contributed by atoms with van der Waals surface area (Å²) in [7, 11) is 1.58. The molecule has 2 aromatic carbocycles. The van der Waals surface area contributed by atoms with Gasteiger partial charge in [0.15, 0.2) is 11.6 Å². The predicted molar refractivity (Wildman–Crippen MR) is 131 cm³/mol. The Morgan fingerprint density at radius 3 is 2.89 bits per heavy atom. The van der Waals surface area contributed by atoms with E-state index in [1.165, 1.54) is 12.1 Å². The van der Waals surface area contributed by atoms with Crippen LogP contribution in [0.2, 0.25) is 0 Å². The van der Waals surface area contributed by atoms with Crippen molar-refractivity contribution < 1.29 is 28.5 Å². The Labute approximate surface area is 208 Å². The summed E-state index contributed by atoms with van der Waals surface area (Å²) in [5.41, 5.74) is 1.47. The Hall–Kier alpha value is -3.54. The molecule has 1 aromatic heterocycles. The minimum absolute atomic E-state index is 0.0186. The molecule has 188 valence electrons. The number of hydrogen-bond donors (Lipinski definition) is 2. The number of carboxylic acid groups (broad SMARTS) is 1. The molecular weight excluding hydrogens is 466 g/mol. The Bertz CT molecular complexity index is 1300. The van der Waals surface area contributed by atoms with Crippen molar-refractivity contribution >= 4 is 16.9 Å². The number of aliphatic carboxylic acids is 1. The molecule has 0 saturated carbocycles. The fourth-order valence-electron chi connectivity index (χ4n) is 4.78. The summed E-state index contributed by atoms with van der Waals surface area (Å²) in [5.74, 6) is 2.63. The van der Waals surface area contributed by atoms with Crippen molar-refractivity contribution in [3.8, 4) is 17.6 Å². The quantitative estimate of drug-likeness (QED) is 0.474. The van der Waals surface area contributed by atoms with Gasteiger partial charge < -0.3 is 14.9 Å². The first-order valence-corrected chi connectivity index (χ1v) is 11.9. The summed E-state index contributed by atoms with van der Waals surface area (Å²) in [6, 6.07) is 11.1. The third-order valence-electron chi connectivity index (χ3n) is 6.79. The van der Waals surface area contributed by atoms with Gasteiger partial charge in [-0.2, -0.15) is 0 Å². The average molecular weight is 495 g/mol. The van der Waals surface area contributed by atoms with E-state index in [4.69, 9.17) is 4.74 Å². The highest BCUT2D eigenvalue weighted by molar-refractivity contribution is 5.83. The van der Waals surface area contributed by atoms with Crippen LogP contribution in [0.15, 0.2) is 48.7 Å². The zero-order chi connectivity index (χ0) is 25.7. The summed E-state index contributed by atoms with van der Waals surface area (Å²) in [4.78, 5) is 18.3. The van der Waals surface area contributed by atoms with Crippen LogP contribution in [0.1, 0.15) is 36.5 Å². The molecule has 0 amide bonds. The highest BCUT2D eigenvalue weighted by Crippen LogP contribution is 2.33. The van der Waals surface area contributed by atoms with Crippen LogP contribution in [0.25, 0.3) is 10.9 Å². The Balaban J connectivity index is 1.38. The van der Waals surface area contributed by atoms with Crippen molar-refractivity contribution in [1.29, 1.82) is 0 Å². The van der Waals surface area contributed by atoms with Crippen molar-refractivity contribution in [3.05, 3.63) is 71.4 Å². The van der Waals surface area contributed by atoms with E-state index < -0.39 is 29.6 Å². The highest BCUT2D eigenvalue weighted by atomic mass is 19.2. The van der Waals surface area contributed by atoms with Gasteiger partial charge in [-0.1, -0.05) is 17.9 Å². The first-order valence-electron chi connectivity index (χ1n) is 11.9. The van der Waals surface area contributed by atoms with Crippen molar-refractivity contribution in [2.75, 3.05) is 26.7 Å². The number of ether oxygens (including phenoxy) is 1. The lowest BCUT2D eigenvalue weighted by Crippen LogP contribution is -2.44. The molecule has 3 aromatic rings. The number of carboxylic acids is 1. The molecule has 0 radical (unpaired) electrons. The number of pyridine rings is 1. The molecule has 0 unspecified atom stereocenters. The smallest absolute Gasteiger partial charge is 0.308 e. The molecule has 4 rings (SSSR count). The van der Waals surface area contributed by atoms with Crippen LogP contribution in [0.5, 0.6) is 5.75 Å². The largest absolute Gasteiger partial charge is 0.497 e. The topological polar surface area (TPSA) is 82.9 Å². The number of aliphatic hydroxyl groups excluding tert-OH is 1. The molecule has 0 spiro atoms. The van der Waals surface area contributed by atoms with Gasteiger partial charge in [-0.05, 0) is 73.7 Å². The van der Waals surface area contributed by atoms with E-state index in [0.29, 0.717) is 38.1 Å². The average Bonchev–Trinajstić information content (AvgIpc) is 2.89. The predicted octanol–water partition coefficient (Wildman–Crippen LogP) is 4.41. The number of rotatable bonds is 7. The normalized spacial score (nSPS) is 18.9. The summed E-state index contributed by atoms with van der Waals surface area (Å²) in [5, 5.41) is 21.6. The summed E-state index contributed by atoms with van der Waals surface area (Å²) in [6.07, 6.45) is 2.51. The fourth-order valence-corrected chi connectivity index (χ4v) is 4.78. The van der Waals surface area contributed by atoms with E-state index in [1.807, 2.05) is 23.1 Å². The van der Waals surface area contributed by atoms with Gasteiger partial charge in [0.1, 0.15) is 5.75 Å². The number of methoxy groups -OCH3 is 1. The van der Waals surface area contributed by atoms with Gasteiger partial charge in [0.25, 0.3) is 0 Å². The van der Waals surface area contributed by atoms with E-state index in [-0.39, 0.29) is 18.0 Å². The van der Waals surface area contributed by atoms with E-state index in [0.717, 1.165) is 22.5 Å². The molecule has 0 aliphatic carbocycles. The van der Waals surface area contributed by atoms with Crippen LogP contribution in [-0.4, -0.2) is 52.8 Å². The number of fused-ring (bicyclic) bond motifs is 1. The molecular formula is C28H28F2N2O4. The van der Waals surface area contributed by atoms with Gasteiger partial charge in [0, 0.05) is 18.1 Å². The Kier molecular flexibility index (Phi) is 8.14. The molecule has 1 aliphatic rings. The first kappa shape index (κ1) is 25.5. The number of piperidine rings is 1. The van der Waals surface area contributed by atoms with Crippen molar-refractivity contribution in [2.45, 2.75) is 25.4 Å². The second-order valence-corrected chi connectivity index (χ2v) is 9.01. The van der Waals surface area contributed by atoms with E-state index >= 15 is 0 Å². The fraction of sp³-hybridized carbons (Fsp3) is 0.357. The van der Waals surface area contributed by atoms with Gasteiger partial charge in [-0.3, -0.25) is 14.7 Å². The lowest BCUT2D eigenvalue weighted by molar-refractivity contribution is -0.146. The maximum Gasteiger partial charge on any atom is 0.308 e. The lowest BCUT2D eigenvalue weighted by atomic mass is 9.81. The second kappa shape index (κ2) is 11.5. The van der Waals surface area contributed by atoms with Crippen molar-refractivity contribution in [2.24, 2.45) is 11.8 Å². The molecule has 36 heavy (non-hydrogen) atoms. The van der Waals surface area contributed by atoms with Crippen molar-refractivity contribution in [3.63, 3.8) is 0 Å². The summed E-state index contributed by atoms with van der Waals surface area (Å²) >= 11 is 0. The van der Waals surface area contributed by atoms with Gasteiger partial charge >= 0.3 is 5.97 Å². The molecule has 1 aliphatic heterocycles. The number of carbonyl (C=O) groups is 1. The van der Waals surface area contributed by atoms with Gasteiger partial charge in [-0.15, -0.1) is 0 Å². The standard InChI is InChI=1S/C28H28F2N2O4/c1-36-20-8-9-25-22(16-20)21(11-13-31-25)26(33)10-7-18-12-15-32(17-23(18)28(34)35)14-3-5-19-4-2-6-24(29)27(19)30/h2,4,6,8-9,11,13,16,18,23,26,33H,7,10,12,14-15,17H2,1H3,(H,34,35)/t18-,23+,26+/m1/s1. The van der Waals surface area contributed by atoms with Crippen LogP contribution in [0, 0.1) is 35.3 Å². The highest BCUT2D eigenvalue weighted by Gasteiger charge is 2.34. The van der Waals surface area contributed by atoms with Crippen LogP contribution in [0.4, 0.5) is 8.78 Å². The molecule has 2 N–H and O–H groups in total. The number of aromatic nitrogens is 1. The molecule has 1 saturated heterocycles.